The summed E-state index contributed by atoms with van der Waals surface area (Å²) in [6.45, 7) is 3.97. The Bertz CT molecular complexity index is 482. The molecule has 0 bridgehead atoms. The number of primary amides is 1. The highest BCUT2D eigenvalue weighted by molar-refractivity contribution is 6.03. The number of hydrogen-bond acceptors (Lipinski definition) is 2. The second kappa shape index (κ2) is 4.80. The summed E-state index contributed by atoms with van der Waals surface area (Å²) in [7, 11) is 0. The lowest BCUT2D eigenvalue weighted by Gasteiger charge is -2.24. The van der Waals surface area contributed by atoms with Gasteiger partial charge in [-0.25, -0.2) is 0 Å². The maximum atomic E-state index is 12.3. The van der Waals surface area contributed by atoms with Crippen molar-refractivity contribution in [2.75, 3.05) is 4.90 Å². The average molecular weight is 246 g/mol. The molecule has 1 heterocycles. The Morgan fingerprint density at radius 1 is 1.39 bits per heavy atom. The summed E-state index contributed by atoms with van der Waals surface area (Å²) in [4.78, 5) is 25.3. The van der Waals surface area contributed by atoms with E-state index in [0.29, 0.717) is 12.8 Å². The van der Waals surface area contributed by atoms with Gasteiger partial charge in [0.25, 0.3) is 0 Å². The molecule has 0 aromatic heterocycles. The monoisotopic (exact) mass is 246 g/mol. The maximum absolute atomic E-state index is 12.3. The van der Waals surface area contributed by atoms with Gasteiger partial charge in [0.05, 0.1) is 0 Å². The fourth-order valence-corrected chi connectivity index (χ4v) is 2.37. The largest absolute Gasteiger partial charge is 0.368 e. The highest BCUT2D eigenvalue weighted by Gasteiger charge is 2.36. The van der Waals surface area contributed by atoms with Crippen molar-refractivity contribution >= 4 is 17.5 Å². The molecule has 0 aliphatic carbocycles. The normalized spacial score (nSPS) is 17.9. The van der Waals surface area contributed by atoms with Crippen LogP contribution in [0.1, 0.15) is 25.8 Å². The molecule has 1 atom stereocenters. The molecule has 0 saturated carbocycles. The zero-order chi connectivity index (χ0) is 13.3. The lowest BCUT2D eigenvalue weighted by Crippen LogP contribution is -2.46. The van der Waals surface area contributed by atoms with Crippen LogP contribution in [0.25, 0.3) is 0 Å². The molecule has 2 N–H and O–H groups in total. The molecule has 0 saturated heterocycles. The molecular formula is C14H18N2O2. The highest BCUT2D eigenvalue weighted by Crippen LogP contribution is 2.32. The van der Waals surface area contributed by atoms with E-state index in [1.165, 1.54) is 0 Å². The van der Waals surface area contributed by atoms with Crippen molar-refractivity contribution in [3.05, 3.63) is 29.8 Å². The van der Waals surface area contributed by atoms with Crippen LogP contribution in [0.3, 0.4) is 0 Å². The molecule has 1 aliphatic rings. The van der Waals surface area contributed by atoms with Crippen molar-refractivity contribution < 1.29 is 9.59 Å². The summed E-state index contributed by atoms with van der Waals surface area (Å²) < 4.78 is 0. The van der Waals surface area contributed by atoms with Gasteiger partial charge in [0.2, 0.25) is 11.8 Å². The van der Waals surface area contributed by atoms with Gasteiger partial charge in [0, 0.05) is 18.5 Å². The first kappa shape index (κ1) is 12.6. The van der Waals surface area contributed by atoms with E-state index >= 15 is 0 Å². The lowest BCUT2D eigenvalue weighted by molar-refractivity contribution is -0.124. The van der Waals surface area contributed by atoms with Gasteiger partial charge < -0.3 is 5.73 Å². The van der Waals surface area contributed by atoms with Gasteiger partial charge in [-0.1, -0.05) is 32.0 Å². The number of carbonyl (C=O) groups excluding carboxylic acids is 2. The summed E-state index contributed by atoms with van der Waals surface area (Å²) in [5, 5.41) is 0. The molecule has 4 heteroatoms. The number of amides is 2. The van der Waals surface area contributed by atoms with Crippen LogP contribution in [0.15, 0.2) is 24.3 Å². The minimum atomic E-state index is -0.534. The Kier molecular flexibility index (Phi) is 3.36. The predicted octanol–water partition coefficient (Wildman–Crippen LogP) is 1.48. The van der Waals surface area contributed by atoms with Crippen LogP contribution in [0.2, 0.25) is 0 Å². The molecule has 0 spiro atoms. The second-order valence-electron chi connectivity index (χ2n) is 5.11. The van der Waals surface area contributed by atoms with Gasteiger partial charge in [0.15, 0.2) is 0 Å². The van der Waals surface area contributed by atoms with E-state index in [-0.39, 0.29) is 11.8 Å². The molecule has 1 aromatic carbocycles. The van der Waals surface area contributed by atoms with E-state index in [1.807, 2.05) is 38.1 Å². The first-order chi connectivity index (χ1) is 8.50. The molecule has 1 aromatic rings. The van der Waals surface area contributed by atoms with E-state index in [4.69, 9.17) is 5.73 Å². The van der Waals surface area contributed by atoms with Crippen molar-refractivity contribution in [2.45, 2.75) is 32.7 Å². The third-order valence-electron chi connectivity index (χ3n) is 3.16. The molecule has 1 aliphatic heterocycles. The molecule has 2 amide bonds. The quantitative estimate of drug-likeness (QED) is 0.878. The molecular weight excluding hydrogens is 228 g/mol. The third kappa shape index (κ3) is 2.23. The van der Waals surface area contributed by atoms with Crippen LogP contribution in [0.5, 0.6) is 0 Å². The van der Waals surface area contributed by atoms with E-state index in [0.717, 1.165) is 11.3 Å². The van der Waals surface area contributed by atoms with E-state index in [9.17, 15) is 9.59 Å². The standard InChI is InChI=1S/C14H18N2O2/c1-9(2)7-13(17)16-11-6-4-3-5-10(11)8-12(16)14(15)18/h3-6,9,12H,7-8H2,1-2H3,(H2,15,18). The third-order valence-corrected chi connectivity index (χ3v) is 3.16. The highest BCUT2D eigenvalue weighted by atomic mass is 16.2. The first-order valence-corrected chi connectivity index (χ1v) is 6.20. The summed E-state index contributed by atoms with van der Waals surface area (Å²) in [5.41, 5.74) is 7.24. The smallest absolute Gasteiger partial charge is 0.240 e. The van der Waals surface area contributed by atoms with Gasteiger partial charge in [-0.2, -0.15) is 0 Å². The summed E-state index contributed by atoms with van der Waals surface area (Å²) in [6, 6.07) is 7.06. The molecule has 0 fully saturated rings. The molecule has 2 rings (SSSR count). The number of hydrogen-bond donors (Lipinski definition) is 1. The van der Waals surface area contributed by atoms with Gasteiger partial charge in [-0.3, -0.25) is 14.5 Å². The molecule has 1 unspecified atom stereocenters. The van der Waals surface area contributed by atoms with Crippen LogP contribution in [0.4, 0.5) is 5.69 Å². The zero-order valence-corrected chi connectivity index (χ0v) is 10.7. The Morgan fingerprint density at radius 3 is 2.67 bits per heavy atom. The minimum absolute atomic E-state index is 0.0289. The zero-order valence-electron chi connectivity index (χ0n) is 10.7. The van der Waals surface area contributed by atoms with Crippen molar-refractivity contribution in [3.8, 4) is 0 Å². The number of nitrogens with zero attached hydrogens (tertiary/aromatic N) is 1. The van der Waals surface area contributed by atoms with Crippen LogP contribution >= 0.6 is 0 Å². The van der Waals surface area contributed by atoms with Crippen LogP contribution in [0, 0.1) is 5.92 Å². The topological polar surface area (TPSA) is 63.4 Å². The summed E-state index contributed by atoms with van der Waals surface area (Å²) in [5.74, 6) is -0.208. The number of nitrogens with two attached hydrogens (primary N) is 1. The number of fused-ring (bicyclic) bond motifs is 1. The van der Waals surface area contributed by atoms with E-state index in [2.05, 4.69) is 0 Å². The number of para-hydroxylation sites is 1. The molecule has 18 heavy (non-hydrogen) atoms. The first-order valence-electron chi connectivity index (χ1n) is 6.20. The van der Waals surface area contributed by atoms with Gasteiger partial charge in [-0.05, 0) is 17.5 Å². The van der Waals surface area contributed by atoms with Crippen molar-refractivity contribution in [2.24, 2.45) is 11.7 Å². The van der Waals surface area contributed by atoms with Crippen molar-refractivity contribution in [1.82, 2.24) is 0 Å². The summed E-state index contributed by atoms with van der Waals surface area (Å²) >= 11 is 0. The number of carbonyl (C=O) groups is 2. The number of anilines is 1. The van der Waals surface area contributed by atoms with Gasteiger partial charge >= 0.3 is 0 Å². The Labute approximate surface area is 107 Å². The van der Waals surface area contributed by atoms with Crippen LogP contribution < -0.4 is 10.6 Å². The van der Waals surface area contributed by atoms with Crippen LogP contribution in [-0.2, 0) is 16.0 Å². The predicted molar refractivity (Wildman–Crippen MR) is 70.1 cm³/mol. The van der Waals surface area contributed by atoms with E-state index in [1.54, 1.807) is 4.90 Å². The number of benzene rings is 1. The maximum Gasteiger partial charge on any atom is 0.240 e. The Balaban J connectivity index is 2.34. The van der Waals surface area contributed by atoms with E-state index < -0.39 is 11.9 Å². The van der Waals surface area contributed by atoms with Crippen LogP contribution in [-0.4, -0.2) is 17.9 Å². The van der Waals surface area contributed by atoms with Gasteiger partial charge in [0.1, 0.15) is 6.04 Å². The molecule has 4 nitrogen and oxygen atoms in total. The number of rotatable bonds is 3. The van der Waals surface area contributed by atoms with Crippen molar-refractivity contribution in [1.29, 1.82) is 0 Å². The fourth-order valence-electron chi connectivity index (χ4n) is 2.37. The molecule has 0 radical (unpaired) electrons. The Morgan fingerprint density at radius 2 is 2.06 bits per heavy atom. The molecule has 96 valence electrons. The minimum Gasteiger partial charge on any atom is -0.368 e. The Hall–Kier alpha value is -1.84. The second-order valence-corrected chi connectivity index (χ2v) is 5.11. The van der Waals surface area contributed by atoms with Crippen molar-refractivity contribution in [3.63, 3.8) is 0 Å². The van der Waals surface area contributed by atoms with Gasteiger partial charge in [-0.15, -0.1) is 0 Å². The fraction of sp³-hybridized carbons (Fsp3) is 0.429. The average Bonchev–Trinajstić information content (AvgIpc) is 2.67. The lowest BCUT2D eigenvalue weighted by atomic mass is 10.1. The SMILES string of the molecule is CC(C)CC(=O)N1c2ccccc2CC1C(N)=O. The summed E-state index contributed by atoms with van der Waals surface area (Å²) in [6.07, 6.45) is 0.952.